The summed E-state index contributed by atoms with van der Waals surface area (Å²) in [5, 5.41) is 0.124. The van der Waals surface area contributed by atoms with Crippen LogP contribution in [0.1, 0.15) is 22.5 Å². The van der Waals surface area contributed by atoms with Gasteiger partial charge in [0, 0.05) is 11.6 Å². The molecule has 1 heterocycles. The highest BCUT2D eigenvalue weighted by Gasteiger charge is 2.28. The quantitative estimate of drug-likeness (QED) is 0.626. The summed E-state index contributed by atoms with van der Waals surface area (Å²) in [5.74, 6) is -2.12. The molecule has 0 radical (unpaired) electrons. The number of carbonyl (C=O) groups is 1. The Morgan fingerprint density at radius 1 is 1.15 bits per heavy atom. The largest absolute Gasteiger partial charge is 0.390 e. The Morgan fingerprint density at radius 2 is 1.77 bits per heavy atom. The van der Waals surface area contributed by atoms with Crippen molar-refractivity contribution in [1.82, 2.24) is 9.55 Å². The molecule has 0 spiro atoms. The van der Waals surface area contributed by atoms with Gasteiger partial charge in [0.25, 0.3) is 0 Å². The van der Waals surface area contributed by atoms with E-state index in [4.69, 9.17) is 23.2 Å². The zero-order valence-corrected chi connectivity index (χ0v) is 15.5. The Balaban J connectivity index is 2.07. The van der Waals surface area contributed by atoms with E-state index in [9.17, 15) is 26.4 Å². The number of aryl methyl sites for hydroxylation is 1. The minimum Gasteiger partial charge on any atom is -0.321 e. The Morgan fingerprint density at radius 3 is 2.35 bits per heavy atom. The maximum atomic E-state index is 12.3. The Kier molecular flexibility index (Phi) is 6.36. The maximum absolute atomic E-state index is 12.3. The molecule has 0 bridgehead atoms. The van der Waals surface area contributed by atoms with Crippen molar-refractivity contribution in [3.8, 4) is 0 Å². The van der Waals surface area contributed by atoms with Gasteiger partial charge in [0.15, 0.2) is 15.6 Å². The highest BCUT2D eigenvalue weighted by atomic mass is 35.5. The van der Waals surface area contributed by atoms with E-state index in [0.29, 0.717) is 10.6 Å². The first-order chi connectivity index (χ1) is 12.0. The van der Waals surface area contributed by atoms with Crippen molar-refractivity contribution in [3.63, 3.8) is 0 Å². The number of hydrogen-bond donors (Lipinski definition) is 0. The van der Waals surface area contributed by atoms with Gasteiger partial charge in [-0.25, -0.2) is 13.4 Å². The summed E-state index contributed by atoms with van der Waals surface area (Å²) in [5.41, 5.74) is 0.0810. The average molecular weight is 429 g/mol. The molecule has 11 heteroatoms. The molecule has 0 atom stereocenters. The molecule has 0 saturated heterocycles. The van der Waals surface area contributed by atoms with E-state index in [0.717, 1.165) is 10.9 Å². The van der Waals surface area contributed by atoms with Crippen LogP contribution in [0.2, 0.25) is 10.2 Å². The molecule has 5 nitrogen and oxygen atoms in total. The number of nitrogens with zero attached hydrogens (tertiary/aromatic N) is 2. The third kappa shape index (κ3) is 6.00. The Hall–Kier alpha value is -1.58. The van der Waals surface area contributed by atoms with Crippen molar-refractivity contribution in [3.05, 3.63) is 52.0 Å². The summed E-state index contributed by atoms with van der Waals surface area (Å²) in [7, 11) is -3.82. The van der Waals surface area contributed by atoms with Crippen LogP contribution in [-0.4, -0.2) is 35.7 Å². The summed E-state index contributed by atoms with van der Waals surface area (Å²) in [4.78, 5) is 15.8. The molecule has 1 aromatic carbocycles. The molecule has 0 saturated carbocycles. The molecular weight excluding hydrogens is 416 g/mol. The highest BCUT2D eigenvalue weighted by Crippen LogP contribution is 2.23. The van der Waals surface area contributed by atoms with Gasteiger partial charge in [0.05, 0.1) is 18.5 Å². The number of benzene rings is 1. The Labute approximate surface area is 157 Å². The number of rotatable bonds is 7. The molecule has 0 aliphatic carbocycles. The standard InChI is InChI=1S/C15H13Cl2F3N2O3S/c16-11-3-1-10(2-4-11)7-26(24,25)8-12(23)13-14(17)22(9-21-13)6-5-15(18,19)20/h1-4,9H,5-8H2. The molecule has 0 N–H and O–H groups in total. The number of imidazole rings is 1. The Bertz CT molecular complexity index is 894. The van der Waals surface area contributed by atoms with Crippen LogP contribution in [0.15, 0.2) is 30.6 Å². The first-order valence-corrected chi connectivity index (χ1v) is 9.80. The minimum atomic E-state index is -4.39. The van der Waals surface area contributed by atoms with Crippen LogP contribution in [0, 0.1) is 0 Å². The molecule has 0 unspecified atom stereocenters. The van der Waals surface area contributed by atoms with Gasteiger partial charge < -0.3 is 4.57 Å². The van der Waals surface area contributed by atoms with E-state index >= 15 is 0 Å². The van der Waals surface area contributed by atoms with Crippen LogP contribution in [0.25, 0.3) is 0 Å². The fourth-order valence-electron chi connectivity index (χ4n) is 2.11. The van der Waals surface area contributed by atoms with Crippen molar-refractivity contribution in [2.75, 3.05) is 5.75 Å². The van der Waals surface area contributed by atoms with E-state index < -0.39 is 40.5 Å². The summed E-state index contributed by atoms with van der Waals surface area (Å²) in [6.45, 7) is -0.514. The molecule has 0 fully saturated rings. The number of sulfone groups is 1. The van der Waals surface area contributed by atoms with Crippen molar-refractivity contribution >= 4 is 38.8 Å². The number of ketones is 1. The van der Waals surface area contributed by atoms with Gasteiger partial charge in [-0.3, -0.25) is 4.79 Å². The fourth-order valence-corrected chi connectivity index (χ4v) is 3.86. The van der Waals surface area contributed by atoms with Gasteiger partial charge in [-0.2, -0.15) is 13.2 Å². The van der Waals surface area contributed by atoms with Crippen molar-refractivity contribution in [1.29, 1.82) is 0 Å². The number of hydrogen-bond acceptors (Lipinski definition) is 4. The van der Waals surface area contributed by atoms with Gasteiger partial charge in [-0.05, 0) is 17.7 Å². The maximum Gasteiger partial charge on any atom is 0.390 e. The number of halogens is 5. The van der Waals surface area contributed by atoms with E-state index in [1.165, 1.54) is 24.3 Å². The lowest BCUT2D eigenvalue weighted by Gasteiger charge is -2.07. The van der Waals surface area contributed by atoms with Crippen LogP contribution in [0.3, 0.4) is 0 Å². The molecule has 2 aromatic rings. The molecule has 142 valence electrons. The molecule has 0 aliphatic heterocycles. The van der Waals surface area contributed by atoms with Crippen LogP contribution in [0.4, 0.5) is 13.2 Å². The molecule has 2 rings (SSSR count). The second-order valence-electron chi connectivity index (χ2n) is 5.52. The molecule has 0 aliphatic rings. The van der Waals surface area contributed by atoms with E-state index in [1.54, 1.807) is 0 Å². The van der Waals surface area contributed by atoms with Crippen LogP contribution in [-0.2, 0) is 22.1 Å². The zero-order chi connectivity index (χ0) is 19.5. The lowest BCUT2D eigenvalue weighted by Crippen LogP contribution is -2.19. The lowest BCUT2D eigenvalue weighted by molar-refractivity contribution is -0.136. The van der Waals surface area contributed by atoms with E-state index in [-0.39, 0.29) is 16.6 Å². The van der Waals surface area contributed by atoms with Crippen LogP contribution in [0.5, 0.6) is 0 Å². The van der Waals surface area contributed by atoms with E-state index in [1.807, 2.05) is 0 Å². The van der Waals surface area contributed by atoms with Gasteiger partial charge in [-0.15, -0.1) is 0 Å². The number of carbonyl (C=O) groups excluding carboxylic acids is 1. The topological polar surface area (TPSA) is 69.0 Å². The minimum absolute atomic E-state index is 0.319. The second-order valence-corrected chi connectivity index (χ2v) is 8.38. The SMILES string of the molecule is O=C(CS(=O)(=O)Cc1ccc(Cl)cc1)c1ncn(CCC(F)(F)F)c1Cl. The normalized spacial score (nSPS) is 12.3. The average Bonchev–Trinajstić information content (AvgIpc) is 2.87. The summed E-state index contributed by atoms with van der Waals surface area (Å²) in [6, 6.07) is 6.08. The monoisotopic (exact) mass is 428 g/mol. The number of Topliss-reactive ketones (excluding diaryl/α,β-unsaturated/α-hetero) is 1. The highest BCUT2D eigenvalue weighted by molar-refractivity contribution is 7.91. The van der Waals surface area contributed by atoms with Crippen molar-refractivity contribution < 1.29 is 26.4 Å². The van der Waals surface area contributed by atoms with Gasteiger partial charge >= 0.3 is 6.18 Å². The van der Waals surface area contributed by atoms with Crippen molar-refractivity contribution in [2.24, 2.45) is 0 Å². The van der Waals surface area contributed by atoms with Crippen LogP contribution >= 0.6 is 23.2 Å². The molecular formula is C15H13Cl2F3N2O3S. The molecule has 26 heavy (non-hydrogen) atoms. The molecule has 1 aromatic heterocycles. The van der Waals surface area contributed by atoms with E-state index in [2.05, 4.69) is 4.98 Å². The number of alkyl halides is 3. The first-order valence-electron chi connectivity index (χ1n) is 7.22. The smallest absolute Gasteiger partial charge is 0.321 e. The third-order valence-corrected chi connectivity index (χ3v) is 5.45. The van der Waals surface area contributed by atoms with Crippen LogP contribution < -0.4 is 0 Å². The van der Waals surface area contributed by atoms with Gasteiger partial charge in [0.2, 0.25) is 0 Å². The van der Waals surface area contributed by atoms with Gasteiger partial charge in [0.1, 0.15) is 16.6 Å². The molecule has 0 amide bonds. The zero-order valence-electron chi connectivity index (χ0n) is 13.1. The summed E-state index contributed by atoms with van der Waals surface area (Å²) in [6.07, 6.45) is -4.56. The predicted molar refractivity (Wildman–Crippen MR) is 91.2 cm³/mol. The number of aromatic nitrogens is 2. The summed E-state index contributed by atoms with van der Waals surface area (Å²) < 4.78 is 62.1. The van der Waals surface area contributed by atoms with Gasteiger partial charge in [-0.1, -0.05) is 35.3 Å². The fraction of sp³-hybridized carbons (Fsp3) is 0.333. The second kappa shape index (κ2) is 7.98. The summed E-state index contributed by atoms with van der Waals surface area (Å²) >= 11 is 11.6. The third-order valence-electron chi connectivity index (χ3n) is 3.32. The first kappa shape index (κ1) is 20.7. The predicted octanol–water partition coefficient (Wildman–Crippen LogP) is 3.94. The van der Waals surface area contributed by atoms with Crippen molar-refractivity contribution in [2.45, 2.75) is 24.9 Å². The lowest BCUT2D eigenvalue weighted by atomic mass is 10.2.